The molecule has 5 heteroatoms. The van der Waals surface area contributed by atoms with Crippen molar-refractivity contribution in [3.63, 3.8) is 0 Å². The van der Waals surface area contributed by atoms with Gasteiger partial charge in [-0.05, 0) is 6.07 Å². The molecule has 1 aromatic carbocycles. The van der Waals surface area contributed by atoms with Crippen LogP contribution >= 0.6 is 0 Å². The number of alkyl halides is 3. The molecule has 2 rings (SSSR count). The molecule has 2 nitrogen and oxygen atoms in total. The average molecular weight is 229 g/mol. The summed E-state index contributed by atoms with van der Waals surface area (Å²) in [5.41, 5.74) is 6.46. The molecule has 2 N–H and O–H groups in total. The summed E-state index contributed by atoms with van der Waals surface area (Å²) in [5, 5.41) is 0.638. The third-order valence-electron chi connectivity index (χ3n) is 2.36. The van der Waals surface area contributed by atoms with Crippen molar-refractivity contribution in [2.45, 2.75) is 18.6 Å². The number of nitrogens with two attached hydrogens (primary N) is 1. The molecule has 0 radical (unpaired) electrons. The minimum atomic E-state index is -4.27. The number of halogens is 3. The van der Waals surface area contributed by atoms with Crippen molar-refractivity contribution in [2.75, 3.05) is 0 Å². The zero-order valence-electron chi connectivity index (χ0n) is 8.29. The number of benzene rings is 1. The van der Waals surface area contributed by atoms with Gasteiger partial charge in [-0.1, -0.05) is 18.2 Å². The first-order chi connectivity index (χ1) is 7.47. The Balaban J connectivity index is 2.33. The maximum absolute atomic E-state index is 12.2. The van der Waals surface area contributed by atoms with Crippen molar-refractivity contribution in [3.8, 4) is 0 Å². The lowest BCUT2D eigenvalue weighted by molar-refractivity contribution is -0.138. The molecule has 2 aromatic rings. The Labute approximate surface area is 89.8 Å². The Bertz CT molecular complexity index is 489. The van der Waals surface area contributed by atoms with Gasteiger partial charge < -0.3 is 10.2 Å². The Hall–Kier alpha value is -1.49. The van der Waals surface area contributed by atoms with Gasteiger partial charge in [-0.2, -0.15) is 13.2 Å². The first kappa shape index (κ1) is 11.0. The second kappa shape index (κ2) is 3.83. The standard InChI is InChI=1S/C11H10F3NO/c12-11(13,14)5-9(15)8-6-16-10-4-2-1-3-7(8)10/h1-4,6,9H,5,15H2. The molecule has 0 spiro atoms. The van der Waals surface area contributed by atoms with Crippen LogP contribution in [0.5, 0.6) is 0 Å². The van der Waals surface area contributed by atoms with Gasteiger partial charge in [0.05, 0.1) is 12.7 Å². The van der Waals surface area contributed by atoms with Gasteiger partial charge in [-0.3, -0.25) is 0 Å². The van der Waals surface area contributed by atoms with E-state index in [-0.39, 0.29) is 0 Å². The third kappa shape index (κ3) is 2.19. The summed E-state index contributed by atoms with van der Waals surface area (Å²) in [6.07, 6.45) is -4.02. The minimum Gasteiger partial charge on any atom is -0.464 e. The molecule has 0 aliphatic carbocycles. The molecule has 1 heterocycles. The van der Waals surface area contributed by atoms with E-state index in [2.05, 4.69) is 0 Å². The van der Waals surface area contributed by atoms with Crippen LogP contribution in [0.1, 0.15) is 18.0 Å². The van der Waals surface area contributed by atoms with Crippen molar-refractivity contribution in [3.05, 3.63) is 36.1 Å². The molecule has 0 aliphatic heterocycles. The number of fused-ring (bicyclic) bond motifs is 1. The number of hydrogen-bond donors (Lipinski definition) is 1. The highest BCUT2D eigenvalue weighted by atomic mass is 19.4. The summed E-state index contributed by atoms with van der Waals surface area (Å²) < 4.78 is 41.7. The zero-order valence-corrected chi connectivity index (χ0v) is 8.29. The molecular formula is C11H10F3NO. The lowest BCUT2D eigenvalue weighted by atomic mass is 10.0. The van der Waals surface area contributed by atoms with E-state index >= 15 is 0 Å². The smallest absolute Gasteiger partial charge is 0.390 e. The molecule has 1 unspecified atom stereocenters. The van der Waals surface area contributed by atoms with Gasteiger partial charge in [0.15, 0.2) is 0 Å². The summed E-state index contributed by atoms with van der Waals surface area (Å²) in [7, 11) is 0. The molecule has 0 aliphatic rings. The van der Waals surface area contributed by atoms with E-state index in [4.69, 9.17) is 10.2 Å². The van der Waals surface area contributed by atoms with E-state index in [9.17, 15) is 13.2 Å². The van der Waals surface area contributed by atoms with Crippen LogP contribution in [-0.4, -0.2) is 6.18 Å². The summed E-state index contributed by atoms with van der Waals surface area (Å²) in [4.78, 5) is 0. The first-order valence-corrected chi connectivity index (χ1v) is 4.76. The SMILES string of the molecule is NC(CC(F)(F)F)c1coc2ccccc12. The Kier molecular flexibility index (Phi) is 2.63. The van der Waals surface area contributed by atoms with Crippen LogP contribution < -0.4 is 5.73 Å². The van der Waals surface area contributed by atoms with Crippen LogP contribution in [0.25, 0.3) is 11.0 Å². The largest absolute Gasteiger partial charge is 0.464 e. The summed E-state index contributed by atoms with van der Waals surface area (Å²) in [6, 6.07) is 5.81. The van der Waals surface area contributed by atoms with Crippen LogP contribution in [0.3, 0.4) is 0 Å². The van der Waals surface area contributed by atoms with Crippen molar-refractivity contribution in [1.82, 2.24) is 0 Å². The lowest BCUT2D eigenvalue weighted by Gasteiger charge is -2.12. The fourth-order valence-corrected chi connectivity index (χ4v) is 1.64. The summed E-state index contributed by atoms with van der Waals surface area (Å²) in [6.45, 7) is 0. The minimum absolute atomic E-state index is 0.396. The maximum atomic E-state index is 12.2. The van der Waals surface area contributed by atoms with Crippen molar-refractivity contribution in [1.29, 1.82) is 0 Å². The van der Waals surface area contributed by atoms with E-state index in [1.54, 1.807) is 24.3 Å². The van der Waals surface area contributed by atoms with Crippen molar-refractivity contribution < 1.29 is 17.6 Å². The Morgan fingerprint density at radius 1 is 1.25 bits per heavy atom. The molecular weight excluding hydrogens is 219 g/mol. The van der Waals surface area contributed by atoms with E-state index in [0.717, 1.165) is 0 Å². The first-order valence-electron chi connectivity index (χ1n) is 4.76. The molecule has 86 valence electrons. The van der Waals surface area contributed by atoms with Gasteiger partial charge >= 0.3 is 6.18 Å². The molecule has 0 saturated carbocycles. The number of para-hydroxylation sites is 1. The number of rotatable bonds is 2. The topological polar surface area (TPSA) is 39.2 Å². The zero-order chi connectivity index (χ0) is 11.8. The van der Waals surface area contributed by atoms with E-state index in [1.807, 2.05) is 0 Å². The number of furan rings is 1. The molecule has 1 atom stereocenters. The van der Waals surface area contributed by atoms with Crippen LogP contribution in [0.4, 0.5) is 13.2 Å². The predicted molar refractivity (Wildman–Crippen MR) is 53.8 cm³/mol. The van der Waals surface area contributed by atoms with Gasteiger partial charge in [0.2, 0.25) is 0 Å². The highest BCUT2D eigenvalue weighted by Gasteiger charge is 2.32. The van der Waals surface area contributed by atoms with E-state index < -0.39 is 18.6 Å². The van der Waals surface area contributed by atoms with Crippen LogP contribution in [0, 0.1) is 0 Å². The van der Waals surface area contributed by atoms with Crippen LogP contribution in [0.2, 0.25) is 0 Å². The molecule has 0 fully saturated rings. The highest BCUT2D eigenvalue weighted by molar-refractivity contribution is 5.81. The fourth-order valence-electron chi connectivity index (χ4n) is 1.64. The highest BCUT2D eigenvalue weighted by Crippen LogP contribution is 2.32. The maximum Gasteiger partial charge on any atom is 0.390 e. The second-order valence-corrected chi connectivity index (χ2v) is 3.61. The van der Waals surface area contributed by atoms with Gasteiger partial charge in [-0.25, -0.2) is 0 Å². The fraction of sp³-hybridized carbons (Fsp3) is 0.273. The molecule has 16 heavy (non-hydrogen) atoms. The van der Waals surface area contributed by atoms with E-state index in [0.29, 0.717) is 16.5 Å². The normalized spacial score (nSPS) is 14.2. The van der Waals surface area contributed by atoms with Gasteiger partial charge in [0.25, 0.3) is 0 Å². The van der Waals surface area contributed by atoms with Crippen LogP contribution in [0.15, 0.2) is 34.9 Å². The number of hydrogen-bond acceptors (Lipinski definition) is 2. The summed E-state index contributed by atoms with van der Waals surface area (Å²) in [5.74, 6) is 0. The average Bonchev–Trinajstić information content (AvgIpc) is 2.58. The molecule has 0 saturated heterocycles. The second-order valence-electron chi connectivity index (χ2n) is 3.61. The predicted octanol–water partition coefficient (Wildman–Crippen LogP) is 3.39. The van der Waals surface area contributed by atoms with Gasteiger partial charge in [0.1, 0.15) is 5.58 Å². The summed E-state index contributed by atoms with van der Waals surface area (Å²) >= 11 is 0. The Morgan fingerprint density at radius 3 is 2.62 bits per heavy atom. The van der Waals surface area contributed by atoms with Crippen molar-refractivity contribution >= 4 is 11.0 Å². The quantitative estimate of drug-likeness (QED) is 0.857. The Morgan fingerprint density at radius 2 is 1.94 bits per heavy atom. The van der Waals surface area contributed by atoms with Gasteiger partial charge in [0, 0.05) is 17.0 Å². The van der Waals surface area contributed by atoms with E-state index in [1.165, 1.54) is 6.26 Å². The van der Waals surface area contributed by atoms with Crippen LogP contribution in [-0.2, 0) is 0 Å². The lowest BCUT2D eigenvalue weighted by Crippen LogP contribution is -2.19. The molecule has 0 bridgehead atoms. The molecule has 1 aromatic heterocycles. The molecule has 0 amide bonds. The van der Waals surface area contributed by atoms with Crippen molar-refractivity contribution in [2.24, 2.45) is 5.73 Å². The monoisotopic (exact) mass is 229 g/mol. The third-order valence-corrected chi connectivity index (χ3v) is 2.36. The van der Waals surface area contributed by atoms with Gasteiger partial charge in [-0.15, -0.1) is 0 Å².